The van der Waals surface area contributed by atoms with Gasteiger partial charge in [0.05, 0.1) is 19.9 Å². The quantitative estimate of drug-likeness (QED) is 0.666. The van der Waals surface area contributed by atoms with Crippen molar-refractivity contribution in [2.75, 3.05) is 31.4 Å². The van der Waals surface area contributed by atoms with Crippen LogP contribution in [0, 0.1) is 6.92 Å². The Morgan fingerprint density at radius 2 is 1.92 bits per heavy atom. The van der Waals surface area contributed by atoms with Crippen molar-refractivity contribution in [3.05, 3.63) is 35.7 Å². The molecule has 2 aromatic rings. The zero-order valence-corrected chi connectivity index (χ0v) is 15.8. The Labute approximate surface area is 154 Å². The molecule has 0 unspecified atom stereocenters. The lowest BCUT2D eigenvalue weighted by molar-refractivity contribution is 0.102. The van der Waals surface area contributed by atoms with Gasteiger partial charge in [0.15, 0.2) is 0 Å². The van der Waals surface area contributed by atoms with Gasteiger partial charge in [-0.1, -0.05) is 19.8 Å². The van der Waals surface area contributed by atoms with Gasteiger partial charge in [0.2, 0.25) is 5.95 Å². The summed E-state index contributed by atoms with van der Waals surface area (Å²) in [6.07, 6.45) is 3.33. The summed E-state index contributed by atoms with van der Waals surface area (Å²) in [6, 6.07) is 6.85. The maximum atomic E-state index is 12.6. The van der Waals surface area contributed by atoms with Gasteiger partial charge in [-0.25, -0.2) is 9.97 Å². The molecule has 1 amide bonds. The van der Waals surface area contributed by atoms with Crippen LogP contribution in [-0.2, 0) is 0 Å². The SMILES string of the molecule is CCCCCNc1nc(C)cc(C(=O)Nc2ccc(OC)cc2OC)n1. The molecule has 0 atom stereocenters. The number of ether oxygens (including phenoxy) is 2. The van der Waals surface area contributed by atoms with E-state index in [1.165, 1.54) is 7.11 Å². The van der Waals surface area contributed by atoms with Gasteiger partial charge in [-0.3, -0.25) is 4.79 Å². The summed E-state index contributed by atoms with van der Waals surface area (Å²) in [6.45, 7) is 4.77. The molecular weight excluding hydrogens is 332 g/mol. The van der Waals surface area contributed by atoms with E-state index < -0.39 is 0 Å². The molecule has 0 radical (unpaired) electrons. The second kappa shape index (κ2) is 9.60. The summed E-state index contributed by atoms with van der Waals surface area (Å²) < 4.78 is 10.5. The number of carbonyl (C=O) groups is 1. The van der Waals surface area contributed by atoms with Crippen molar-refractivity contribution in [2.24, 2.45) is 0 Å². The second-order valence-electron chi connectivity index (χ2n) is 5.87. The number of rotatable bonds is 9. The van der Waals surface area contributed by atoms with Crippen LogP contribution in [0.15, 0.2) is 24.3 Å². The van der Waals surface area contributed by atoms with Crippen molar-refractivity contribution in [3.63, 3.8) is 0 Å². The lowest BCUT2D eigenvalue weighted by Gasteiger charge is -2.12. The first kappa shape index (κ1) is 19.5. The number of hydrogen-bond donors (Lipinski definition) is 2. The molecule has 1 aromatic heterocycles. The van der Waals surface area contributed by atoms with Crippen LogP contribution in [0.3, 0.4) is 0 Å². The van der Waals surface area contributed by atoms with E-state index in [0.717, 1.165) is 31.5 Å². The lowest BCUT2D eigenvalue weighted by atomic mass is 10.2. The van der Waals surface area contributed by atoms with E-state index >= 15 is 0 Å². The third-order valence-electron chi connectivity index (χ3n) is 3.81. The molecule has 0 aliphatic heterocycles. The Bertz CT molecular complexity index is 750. The van der Waals surface area contributed by atoms with E-state index in [1.54, 1.807) is 31.4 Å². The van der Waals surface area contributed by atoms with E-state index in [-0.39, 0.29) is 5.91 Å². The van der Waals surface area contributed by atoms with E-state index in [4.69, 9.17) is 9.47 Å². The maximum absolute atomic E-state index is 12.6. The summed E-state index contributed by atoms with van der Waals surface area (Å²) in [5.41, 5.74) is 1.57. The van der Waals surface area contributed by atoms with Gasteiger partial charge in [-0.05, 0) is 31.5 Å². The first-order valence-corrected chi connectivity index (χ1v) is 8.70. The van der Waals surface area contributed by atoms with Crippen molar-refractivity contribution in [3.8, 4) is 11.5 Å². The fourth-order valence-electron chi connectivity index (χ4n) is 2.43. The van der Waals surface area contributed by atoms with Crippen LogP contribution in [-0.4, -0.2) is 36.6 Å². The molecule has 7 heteroatoms. The number of hydrogen-bond acceptors (Lipinski definition) is 6. The molecule has 0 saturated carbocycles. The second-order valence-corrected chi connectivity index (χ2v) is 5.87. The average Bonchev–Trinajstić information content (AvgIpc) is 2.65. The highest BCUT2D eigenvalue weighted by molar-refractivity contribution is 6.04. The summed E-state index contributed by atoms with van der Waals surface area (Å²) in [4.78, 5) is 21.3. The molecule has 0 bridgehead atoms. The minimum atomic E-state index is -0.324. The molecule has 1 heterocycles. The smallest absolute Gasteiger partial charge is 0.274 e. The Morgan fingerprint density at radius 1 is 1.12 bits per heavy atom. The average molecular weight is 358 g/mol. The van der Waals surface area contributed by atoms with Crippen molar-refractivity contribution >= 4 is 17.5 Å². The first-order chi connectivity index (χ1) is 12.6. The third-order valence-corrected chi connectivity index (χ3v) is 3.81. The molecule has 0 fully saturated rings. The number of nitrogens with zero attached hydrogens (tertiary/aromatic N) is 2. The predicted molar refractivity (Wildman–Crippen MR) is 102 cm³/mol. The molecule has 0 saturated heterocycles. The van der Waals surface area contributed by atoms with Crippen LogP contribution in [0.1, 0.15) is 42.4 Å². The number of aromatic nitrogens is 2. The number of methoxy groups -OCH3 is 2. The minimum Gasteiger partial charge on any atom is -0.497 e. The number of anilines is 2. The van der Waals surface area contributed by atoms with Gasteiger partial charge in [-0.2, -0.15) is 0 Å². The predicted octanol–water partition coefficient (Wildman–Crippen LogP) is 3.66. The van der Waals surface area contributed by atoms with E-state index in [2.05, 4.69) is 27.5 Å². The van der Waals surface area contributed by atoms with Crippen molar-refractivity contribution in [1.82, 2.24) is 9.97 Å². The van der Waals surface area contributed by atoms with Crippen molar-refractivity contribution in [1.29, 1.82) is 0 Å². The highest BCUT2D eigenvalue weighted by Crippen LogP contribution is 2.29. The molecule has 0 spiro atoms. The highest BCUT2D eigenvalue weighted by atomic mass is 16.5. The molecule has 2 N–H and O–H groups in total. The fourth-order valence-corrected chi connectivity index (χ4v) is 2.43. The van der Waals surface area contributed by atoms with Gasteiger partial charge in [-0.15, -0.1) is 0 Å². The standard InChI is InChI=1S/C19H26N4O3/c1-5-6-7-10-20-19-21-13(2)11-16(23-19)18(24)22-15-9-8-14(25-3)12-17(15)26-4/h8-9,11-12H,5-7,10H2,1-4H3,(H,22,24)(H,20,21,23). The number of carbonyl (C=O) groups excluding carboxylic acids is 1. The molecule has 0 aliphatic carbocycles. The zero-order chi connectivity index (χ0) is 18.9. The summed E-state index contributed by atoms with van der Waals surface area (Å²) in [5.74, 6) is 1.31. The summed E-state index contributed by atoms with van der Waals surface area (Å²) in [5, 5.41) is 6.00. The monoisotopic (exact) mass is 358 g/mol. The van der Waals surface area contributed by atoms with Crippen LogP contribution in [0.2, 0.25) is 0 Å². The topological polar surface area (TPSA) is 85.4 Å². The molecular formula is C19H26N4O3. The number of amides is 1. The summed E-state index contributed by atoms with van der Waals surface area (Å²) in [7, 11) is 3.11. The largest absolute Gasteiger partial charge is 0.497 e. The van der Waals surface area contributed by atoms with Crippen LogP contribution in [0.4, 0.5) is 11.6 Å². The van der Waals surface area contributed by atoms with Crippen LogP contribution in [0.25, 0.3) is 0 Å². The van der Waals surface area contributed by atoms with Crippen LogP contribution in [0.5, 0.6) is 11.5 Å². The third kappa shape index (κ3) is 5.34. The Balaban J connectivity index is 2.13. The van der Waals surface area contributed by atoms with E-state index in [0.29, 0.717) is 28.8 Å². The van der Waals surface area contributed by atoms with Gasteiger partial charge >= 0.3 is 0 Å². The molecule has 140 valence electrons. The van der Waals surface area contributed by atoms with Crippen LogP contribution < -0.4 is 20.1 Å². The zero-order valence-electron chi connectivity index (χ0n) is 15.8. The van der Waals surface area contributed by atoms with Gasteiger partial charge in [0, 0.05) is 18.3 Å². The van der Waals surface area contributed by atoms with Gasteiger partial charge in [0.25, 0.3) is 5.91 Å². The fraction of sp³-hybridized carbons (Fsp3) is 0.421. The Kier molecular flexibility index (Phi) is 7.20. The molecule has 2 rings (SSSR count). The van der Waals surface area contributed by atoms with E-state index in [1.807, 2.05) is 6.92 Å². The first-order valence-electron chi connectivity index (χ1n) is 8.70. The number of aryl methyl sites for hydroxylation is 1. The molecule has 26 heavy (non-hydrogen) atoms. The maximum Gasteiger partial charge on any atom is 0.274 e. The Morgan fingerprint density at radius 3 is 2.62 bits per heavy atom. The molecule has 1 aromatic carbocycles. The number of nitrogens with one attached hydrogen (secondary N) is 2. The molecule has 7 nitrogen and oxygen atoms in total. The van der Waals surface area contributed by atoms with E-state index in [9.17, 15) is 4.79 Å². The van der Waals surface area contributed by atoms with Crippen molar-refractivity contribution < 1.29 is 14.3 Å². The van der Waals surface area contributed by atoms with Gasteiger partial charge < -0.3 is 20.1 Å². The highest BCUT2D eigenvalue weighted by Gasteiger charge is 2.14. The molecule has 0 aliphatic rings. The van der Waals surface area contributed by atoms with Gasteiger partial charge in [0.1, 0.15) is 17.2 Å². The van der Waals surface area contributed by atoms with Crippen LogP contribution >= 0.6 is 0 Å². The normalized spacial score (nSPS) is 10.3. The number of unbranched alkanes of at least 4 members (excludes halogenated alkanes) is 2. The minimum absolute atomic E-state index is 0.299. The summed E-state index contributed by atoms with van der Waals surface area (Å²) >= 11 is 0. The Hall–Kier alpha value is -2.83. The number of benzene rings is 1. The van der Waals surface area contributed by atoms with Crippen molar-refractivity contribution in [2.45, 2.75) is 33.1 Å². The lowest BCUT2D eigenvalue weighted by Crippen LogP contribution is -2.17.